The van der Waals surface area contributed by atoms with Gasteiger partial charge in [0.2, 0.25) is 0 Å². The number of benzene rings is 2. The lowest BCUT2D eigenvalue weighted by atomic mass is 10.1. The summed E-state index contributed by atoms with van der Waals surface area (Å²) >= 11 is 0. The van der Waals surface area contributed by atoms with Gasteiger partial charge in [-0.05, 0) is 29.1 Å². The van der Waals surface area contributed by atoms with Crippen LogP contribution in [-0.2, 0) is 13.6 Å². The van der Waals surface area contributed by atoms with Crippen LogP contribution < -0.4 is 5.32 Å². The number of carbonyl (C=O) groups is 1. The average molecular weight is 330 g/mol. The molecule has 0 aliphatic heterocycles. The van der Waals surface area contributed by atoms with Crippen molar-refractivity contribution in [1.82, 2.24) is 14.3 Å². The van der Waals surface area contributed by atoms with E-state index in [4.69, 9.17) is 0 Å². The molecule has 4 rings (SSSR count). The summed E-state index contributed by atoms with van der Waals surface area (Å²) in [5, 5.41) is 8.06. The van der Waals surface area contributed by atoms with Crippen molar-refractivity contribution in [1.29, 1.82) is 0 Å². The molecule has 0 saturated heterocycles. The molecular weight excluding hydrogens is 312 g/mol. The molecule has 2 aromatic carbocycles. The summed E-state index contributed by atoms with van der Waals surface area (Å²) in [5.74, 6) is -0.137. The van der Waals surface area contributed by atoms with Gasteiger partial charge in [-0.2, -0.15) is 5.10 Å². The third-order valence-corrected chi connectivity index (χ3v) is 4.19. The van der Waals surface area contributed by atoms with Crippen LogP contribution >= 0.6 is 0 Å². The Balaban J connectivity index is 1.62. The summed E-state index contributed by atoms with van der Waals surface area (Å²) in [4.78, 5) is 12.5. The van der Waals surface area contributed by atoms with Crippen molar-refractivity contribution in [3.8, 4) is 0 Å². The second kappa shape index (κ2) is 6.28. The zero-order valence-electron chi connectivity index (χ0n) is 13.9. The fourth-order valence-corrected chi connectivity index (χ4v) is 2.93. The zero-order chi connectivity index (χ0) is 17.2. The summed E-state index contributed by atoms with van der Waals surface area (Å²) in [7, 11) is 1.82. The molecule has 25 heavy (non-hydrogen) atoms. The van der Waals surface area contributed by atoms with E-state index in [1.54, 1.807) is 17.1 Å². The smallest absolute Gasteiger partial charge is 0.255 e. The maximum Gasteiger partial charge on any atom is 0.255 e. The number of nitrogens with one attached hydrogen (secondary N) is 1. The fraction of sp³-hybridized carbons (Fsp3) is 0.100. The second-order valence-electron chi connectivity index (χ2n) is 6.06. The maximum absolute atomic E-state index is 12.5. The molecule has 0 atom stereocenters. The minimum atomic E-state index is -0.137. The molecular formula is C20H18N4O. The third kappa shape index (κ3) is 3.17. The first-order chi connectivity index (χ1) is 12.2. The van der Waals surface area contributed by atoms with Crippen LogP contribution in [-0.4, -0.2) is 20.3 Å². The number of amides is 1. The highest BCUT2D eigenvalue weighted by atomic mass is 16.1. The topological polar surface area (TPSA) is 51.9 Å². The van der Waals surface area contributed by atoms with Gasteiger partial charge in [0.15, 0.2) is 0 Å². The Kier molecular flexibility index (Phi) is 3.82. The van der Waals surface area contributed by atoms with Gasteiger partial charge in [-0.1, -0.05) is 36.4 Å². The molecule has 1 N–H and O–H groups in total. The molecule has 2 aromatic heterocycles. The zero-order valence-corrected chi connectivity index (χ0v) is 13.9. The van der Waals surface area contributed by atoms with E-state index in [-0.39, 0.29) is 5.91 Å². The van der Waals surface area contributed by atoms with E-state index in [0.717, 1.165) is 17.4 Å². The summed E-state index contributed by atoms with van der Waals surface area (Å²) in [6.45, 7) is 0.776. The van der Waals surface area contributed by atoms with Crippen molar-refractivity contribution in [3.63, 3.8) is 0 Å². The molecule has 0 unspecified atom stereocenters. The molecule has 0 bridgehead atoms. The van der Waals surface area contributed by atoms with Gasteiger partial charge in [0.1, 0.15) is 0 Å². The predicted octanol–water partition coefficient (Wildman–Crippen LogP) is 3.68. The van der Waals surface area contributed by atoms with Crippen LogP contribution in [0.2, 0.25) is 0 Å². The van der Waals surface area contributed by atoms with E-state index in [1.165, 1.54) is 5.56 Å². The summed E-state index contributed by atoms with van der Waals surface area (Å²) < 4.78 is 3.81. The van der Waals surface area contributed by atoms with Crippen molar-refractivity contribution < 1.29 is 4.79 Å². The molecule has 2 heterocycles. The monoisotopic (exact) mass is 330 g/mol. The molecule has 0 saturated carbocycles. The maximum atomic E-state index is 12.5. The number of hydrogen-bond acceptors (Lipinski definition) is 2. The van der Waals surface area contributed by atoms with Crippen LogP contribution in [0.3, 0.4) is 0 Å². The number of aryl methyl sites for hydroxylation is 1. The largest absolute Gasteiger partial charge is 0.343 e. The highest BCUT2D eigenvalue weighted by Crippen LogP contribution is 2.20. The number of fused-ring (bicyclic) bond motifs is 1. The highest BCUT2D eigenvalue weighted by molar-refractivity contribution is 6.06. The van der Waals surface area contributed by atoms with E-state index in [9.17, 15) is 4.79 Å². The van der Waals surface area contributed by atoms with E-state index < -0.39 is 0 Å². The van der Waals surface area contributed by atoms with E-state index in [1.807, 2.05) is 43.4 Å². The van der Waals surface area contributed by atoms with Crippen LogP contribution in [0.4, 0.5) is 5.69 Å². The quantitative estimate of drug-likeness (QED) is 0.620. The van der Waals surface area contributed by atoms with Crippen LogP contribution in [0.25, 0.3) is 10.9 Å². The highest BCUT2D eigenvalue weighted by Gasteiger charge is 2.10. The molecule has 1 amide bonds. The van der Waals surface area contributed by atoms with Gasteiger partial charge in [-0.3, -0.25) is 9.48 Å². The lowest BCUT2D eigenvalue weighted by Gasteiger charge is -2.07. The normalized spacial score (nSPS) is 10.9. The van der Waals surface area contributed by atoms with Crippen LogP contribution in [0.15, 0.2) is 73.2 Å². The first-order valence-corrected chi connectivity index (χ1v) is 8.12. The Morgan fingerprint density at radius 3 is 2.72 bits per heavy atom. The van der Waals surface area contributed by atoms with E-state index in [0.29, 0.717) is 11.3 Å². The number of aromatic nitrogens is 3. The minimum Gasteiger partial charge on any atom is -0.343 e. The van der Waals surface area contributed by atoms with Crippen LogP contribution in [0.5, 0.6) is 0 Å². The standard InChI is InChI=1S/C20H18N4O/c1-23-14-18(12-21-23)22-20(25)17-8-7-16-9-10-24(19(16)11-17)13-15-5-3-2-4-6-15/h2-12,14H,13H2,1H3,(H,22,25). The minimum absolute atomic E-state index is 0.137. The van der Waals surface area contributed by atoms with Crippen molar-refractivity contribution in [2.24, 2.45) is 7.05 Å². The predicted molar refractivity (Wildman–Crippen MR) is 98.6 cm³/mol. The SMILES string of the molecule is Cn1cc(NC(=O)c2ccc3ccn(Cc4ccccc4)c3c2)cn1. The van der Waals surface area contributed by atoms with Gasteiger partial charge in [0, 0.05) is 37.1 Å². The van der Waals surface area contributed by atoms with Gasteiger partial charge < -0.3 is 9.88 Å². The molecule has 0 spiro atoms. The van der Waals surface area contributed by atoms with Gasteiger partial charge >= 0.3 is 0 Å². The fourth-order valence-electron chi connectivity index (χ4n) is 2.93. The number of carbonyl (C=O) groups excluding carboxylic acids is 1. The van der Waals surface area contributed by atoms with Gasteiger partial charge in [-0.25, -0.2) is 0 Å². The Bertz CT molecular complexity index is 1030. The molecule has 4 aromatic rings. The van der Waals surface area contributed by atoms with Crippen LogP contribution in [0, 0.1) is 0 Å². The number of anilines is 1. The van der Waals surface area contributed by atoms with Gasteiger partial charge in [-0.15, -0.1) is 0 Å². The number of nitrogens with zero attached hydrogens (tertiary/aromatic N) is 3. The first kappa shape index (κ1) is 15.2. The second-order valence-corrected chi connectivity index (χ2v) is 6.06. The lowest BCUT2D eigenvalue weighted by Crippen LogP contribution is -2.11. The number of rotatable bonds is 4. The van der Waals surface area contributed by atoms with E-state index >= 15 is 0 Å². The Morgan fingerprint density at radius 1 is 1.12 bits per heavy atom. The molecule has 124 valence electrons. The summed E-state index contributed by atoms with van der Waals surface area (Å²) in [6, 6.07) is 18.1. The third-order valence-electron chi connectivity index (χ3n) is 4.19. The Labute approximate surface area is 145 Å². The van der Waals surface area contributed by atoms with Crippen molar-refractivity contribution in [2.45, 2.75) is 6.54 Å². The van der Waals surface area contributed by atoms with Crippen LogP contribution in [0.1, 0.15) is 15.9 Å². The Hall–Kier alpha value is -3.34. The molecule has 0 radical (unpaired) electrons. The molecule has 5 nitrogen and oxygen atoms in total. The summed E-state index contributed by atoms with van der Waals surface area (Å²) in [5.41, 5.74) is 3.59. The molecule has 5 heteroatoms. The van der Waals surface area contributed by atoms with Crippen molar-refractivity contribution >= 4 is 22.5 Å². The summed E-state index contributed by atoms with van der Waals surface area (Å²) in [6.07, 6.45) is 5.46. The molecule has 0 fully saturated rings. The van der Waals surface area contributed by atoms with Crippen molar-refractivity contribution in [3.05, 3.63) is 84.3 Å². The van der Waals surface area contributed by atoms with Gasteiger partial charge in [0.25, 0.3) is 5.91 Å². The van der Waals surface area contributed by atoms with Gasteiger partial charge in [0.05, 0.1) is 11.9 Å². The number of hydrogen-bond donors (Lipinski definition) is 1. The molecule has 0 aliphatic carbocycles. The lowest BCUT2D eigenvalue weighted by molar-refractivity contribution is 0.102. The average Bonchev–Trinajstić information content (AvgIpc) is 3.22. The van der Waals surface area contributed by atoms with Crippen molar-refractivity contribution in [2.75, 3.05) is 5.32 Å². The molecule has 0 aliphatic rings. The first-order valence-electron chi connectivity index (χ1n) is 8.12. The van der Waals surface area contributed by atoms with E-state index in [2.05, 4.69) is 39.4 Å². The Morgan fingerprint density at radius 2 is 1.96 bits per heavy atom.